The highest BCUT2D eigenvalue weighted by Crippen LogP contribution is 2.40. The van der Waals surface area contributed by atoms with E-state index in [2.05, 4.69) is 10.3 Å². The molecule has 0 bridgehead atoms. The molecule has 2 fully saturated rings. The Hall–Kier alpha value is -5.40. The average molecular weight is 817 g/mol. The van der Waals surface area contributed by atoms with Crippen molar-refractivity contribution in [1.82, 2.24) is 20.2 Å². The fourth-order valence-corrected chi connectivity index (χ4v) is 6.76. The third-order valence-electron chi connectivity index (χ3n) is 9.73. The molecule has 1 N–H and O–H groups in total. The van der Waals surface area contributed by atoms with Gasteiger partial charge >= 0.3 is 24.1 Å². The van der Waals surface area contributed by atoms with Gasteiger partial charge in [-0.1, -0.05) is 57.2 Å². The SMILES string of the molecule is COC(=O)[C@@H]1C[C@@H](Oc2nc3ccncc3c(OCc3ccccc3)c2C=CCCC[C@@H]2C[C@H]2OC(=O)N[C@H](C(=O)OC(C)(C)C)C(C)(C)C)CN1C(=O)OC(C)(C)C. The maximum absolute atomic E-state index is 13.2. The second kappa shape index (κ2) is 18.7. The molecular formula is C45H60N4O10. The number of benzene rings is 1. The number of amides is 2. The molecule has 320 valence electrons. The number of carbonyl (C=O) groups excluding carboxylic acids is 4. The molecule has 0 spiro atoms. The number of methoxy groups -OCH3 is 1. The molecule has 1 aromatic carbocycles. The van der Waals surface area contributed by atoms with Gasteiger partial charge in [0.15, 0.2) is 0 Å². The number of allylic oxidation sites excluding steroid dienone is 1. The molecule has 1 saturated heterocycles. The summed E-state index contributed by atoms with van der Waals surface area (Å²) in [5.74, 6) is -0.0441. The minimum absolute atomic E-state index is 0.0780. The molecule has 2 amide bonds. The van der Waals surface area contributed by atoms with Crippen LogP contribution in [-0.2, 0) is 35.1 Å². The first-order valence-corrected chi connectivity index (χ1v) is 20.3. The molecule has 0 radical (unpaired) electrons. The third-order valence-corrected chi connectivity index (χ3v) is 9.73. The van der Waals surface area contributed by atoms with Gasteiger partial charge in [-0.05, 0) is 96.3 Å². The summed E-state index contributed by atoms with van der Waals surface area (Å²) in [5.41, 5.74) is 0.131. The van der Waals surface area contributed by atoms with E-state index >= 15 is 0 Å². The van der Waals surface area contributed by atoms with Gasteiger partial charge in [0.05, 0.1) is 30.1 Å². The second-order valence-corrected chi connectivity index (χ2v) is 18.2. The molecule has 1 saturated carbocycles. The molecule has 5 atom stereocenters. The van der Waals surface area contributed by atoms with E-state index in [-0.39, 0.29) is 37.5 Å². The molecular weight excluding hydrogens is 757 g/mol. The Labute approximate surface area is 347 Å². The van der Waals surface area contributed by atoms with Crippen LogP contribution in [0.4, 0.5) is 9.59 Å². The maximum Gasteiger partial charge on any atom is 0.411 e. The van der Waals surface area contributed by atoms with E-state index in [1.807, 2.05) is 63.3 Å². The van der Waals surface area contributed by atoms with Gasteiger partial charge in [0.25, 0.3) is 0 Å². The largest absolute Gasteiger partial charge is 0.487 e. The highest BCUT2D eigenvalue weighted by molar-refractivity contribution is 5.90. The number of nitrogens with one attached hydrogen (secondary N) is 1. The normalized spacial score (nSPS) is 19.9. The average Bonchev–Trinajstić information content (AvgIpc) is 3.73. The van der Waals surface area contributed by atoms with Crippen molar-refractivity contribution in [3.8, 4) is 11.6 Å². The first-order valence-electron chi connectivity index (χ1n) is 20.3. The predicted molar refractivity (Wildman–Crippen MR) is 222 cm³/mol. The van der Waals surface area contributed by atoms with Crippen LogP contribution in [0.1, 0.15) is 106 Å². The number of unbranched alkanes of at least 4 members (excludes halogenated alkanes) is 1. The molecule has 3 heterocycles. The summed E-state index contributed by atoms with van der Waals surface area (Å²) in [7, 11) is 1.28. The number of nitrogens with zero attached hydrogens (tertiary/aromatic N) is 3. The number of hydrogen-bond acceptors (Lipinski definition) is 12. The Morgan fingerprint density at radius 1 is 0.949 bits per heavy atom. The molecule has 3 aromatic rings. The van der Waals surface area contributed by atoms with Gasteiger partial charge in [-0.25, -0.2) is 24.2 Å². The fraction of sp³-hybridized carbons (Fsp3) is 0.556. The standard InChI is InChI=1S/C45H60N4O10/c1-43(2,3)37(40(51)58-44(4,5)6)48-41(52)57-35-23-29(35)19-15-12-16-20-31-36(55-27-28-17-13-11-14-18-28)32-25-46-22-21-33(32)47-38(31)56-30-24-34(39(50)54-10)49(26-30)42(53)59-45(7,8)9/h11,13-14,16-18,20-22,25,29-30,34-35,37H,12,15,19,23-24,26-27H2,1-10H3,(H,48,52)/t29-,30-,34+,35-,37-/m1/s1. The Balaban J connectivity index is 1.30. The van der Waals surface area contributed by atoms with Crippen molar-refractivity contribution in [2.75, 3.05) is 13.7 Å². The zero-order chi connectivity index (χ0) is 43.1. The minimum Gasteiger partial charge on any atom is -0.487 e. The summed E-state index contributed by atoms with van der Waals surface area (Å²) in [6.07, 6.45) is 8.45. The number of likely N-dealkylation sites (tertiary alicyclic amines) is 1. The van der Waals surface area contributed by atoms with Crippen LogP contribution in [0.3, 0.4) is 0 Å². The van der Waals surface area contributed by atoms with Crippen molar-refractivity contribution in [3.63, 3.8) is 0 Å². The smallest absolute Gasteiger partial charge is 0.411 e. The summed E-state index contributed by atoms with van der Waals surface area (Å²) >= 11 is 0. The number of pyridine rings is 2. The number of aromatic nitrogens is 2. The van der Waals surface area contributed by atoms with E-state index in [0.717, 1.165) is 24.8 Å². The van der Waals surface area contributed by atoms with Gasteiger partial charge in [0.1, 0.15) is 47.9 Å². The Morgan fingerprint density at radius 2 is 1.66 bits per heavy atom. The van der Waals surface area contributed by atoms with E-state index in [4.69, 9.17) is 33.4 Å². The van der Waals surface area contributed by atoms with Gasteiger partial charge in [-0.2, -0.15) is 0 Å². The fourth-order valence-electron chi connectivity index (χ4n) is 6.76. The molecule has 1 aliphatic heterocycles. The first-order chi connectivity index (χ1) is 27.7. The van der Waals surface area contributed by atoms with Crippen LogP contribution in [0.2, 0.25) is 0 Å². The molecule has 0 unspecified atom stereocenters. The van der Waals surface area contributed by atoms with Crippen LogP contribution in [0, 0.1) is 11.3 Å². The maximum atomic E-state index is 13.2. The summed E-state index contributed by atoms with van der Waals surface area (Å²) in [4.78, 5) is 62.4. The highest BCUT2D eigenvalue weighted by Gasteiger charge is 2.44. The Kier molecular flexibility index (Phi) is 14.1. The summed E-state index contributed by atoms with van der Waals surface area (Å²) < 4.78 is 35.0. The van der Waals surface area contributed by atoms with E-state index in [9.17, 15) is 19.2 Å². The van der Waals surface area contributed by atoms with Crippen molar-refractivity contribution >= 4 is 41.1 Å². The lowest BCUT2D eigenvalue weighted by Crippen LogP contribution is -2.51. The van der Waals surface area contributed by atoms with Crippen LogP contribution in [0.5, 0.6) is 11.6 Å². The number of carbonyl (C=O) groups is 4. The zero-order valence-corrected chi connectivity index (χ0v) is 36.0. The molecule has 59 heavy (non-hydrogen) atoms. The van der Waals surface area contributed by atoms with Crippen molar-refractivity contribution in [2.45, 2.75) is 137 Å². The van der Waals surface area contributed by atoms with Crippen molar-refractivity contribution < 1.29 is 47.6 Å². The van der Waals surface area contributed by atoms with Gasteiger partial charge in [0, 0.05) is 18.8 Å². The van der Waals surface area contributed by atoms with E-state index in [0.29, 0.717) is 28.6 Å². The number of esters is 2. The highest BCUT2D eigenvalue weighted by atomic mass is 16.6. The van der Waals surface area contributed by atoms with Crippen LogP contribution in [-0.4, -0.2) is 88.1 Å². The zero-order valence-electron chi connectivity index (χ0n) is 36.0. The summed E-state index contributed by atoms with van der Waals surface area (Å²) in [6.45, 7) is 16.6. The van der Waals surface area contributed by atoms with Gasteiger partial charge in [-0.3, -0.25) is 9.88 Å². The lowest BCUT2D eigenvalue weighted by molar-refractivity contribution is -0.160. The van der Waals surface area contributed by atoms with E-state index < -0.39 is 58.9 Å². The number of hydrogen-bond donors (Lipinski definition) is 1. The lowest BCUT2D eigenvalue weighted by atomic mass is 9.86. The molecule has 14 heteroatoms. The van der Waals surface area contributed by atoms with Crippen LogP contribution in [0.15, 0.2) is 54.9 Å². The van der Waals surface area contributed by atoms with Crippen molar-refractivity contribution in [2.24, 2.45) is 11.3 Å². The Bertz CT molecular complexity index is 1980. The molecule has 5 rings (SSSR count). The van der Waals surface area contributed by atoms with Crippen LogP contribution >= 0.6 is 0 Å². The number of alkyl carbamates (subject to hydrolysis) is 1. The molecule has 1 aliphatic carbocycles. The first kappa shape index (κ1) is 44.7. The van der Waals surface area contributed by atoms with Crippen molar-refractivity contribution in [1.29, 1.82) is 0 Å². The quantitative estimate of drug-likeness (QED) is 0.0944. The lowest BCUT2D eigenvalue weighted by Gasteiger charge is -2.32. The van der Waals surface area contributed by atoms with E-state index in [1.54, 1.807) is 60.0 Å². The van der Waals surface area contributed by atoms with Crippen molar-refractivity contribution in [3.05, 3.63) is 66.0 Å². The van der Waals surface area contributed by atoms with Gasteiger partial charge < -0.3 is 33.7 Å². The molecule has 2 aromatic heterocycles. The monoisotopic (exact) mass is 816 g/mol. The third kappa shape index (κ3) is 12.8. The topological polar surface area (TPSA) is 165 Å². The van der Waals surface area contributed by atoms with Gasteiger partial charge in [0.2, 0.25) is 5.88 Å². The van der Waals surface area contributed by atoms with Crippen LogP contribution < -0.4 is 14.8 Å². The molecule has 14 nitrogen and oxygen atoms in total. The minimum atomic E-state index is -0.900. The van der Waals surface area contributed by atoms with Gasteiger partial charge in [-0.15, -0.1) is 0 Å². The summed E-state index contributed by atoms with van der Waals surface area (Å²) in [6, 6.07) is 9.81. The Morgan fingerprint density at radius 3 is 2.32 bits per heavy atom. The number of fused-ring (bicyclic) bond motifs is 1. The van der Waals surface area contributed by atoms with E-state index in [1.165, 1.54) is 12.0 Å². The summed E-state index contributed by atoms with van der Waals surface area (Å²) in [5, 5.41) is 3.43. The second-order valence-electron chi connectivity index (χ2n) is 18.2. The number of ether oxygens (including phenoxy) is 6. The number of rotatable bonds is 14. The predicted octanol–water partition coefficient (Wildman–Crippen LogP) is 8.19. The van der Waals surface area contributed by atoms with Crippen LogP contribution in [0.25, 0.3) is 17.0 Å². The molecule has 2 aliphatic rings.